The standard InChI is InChI=1S/C16H16ClNO2/c1-10(2)15-5-4-12(6-11(15)3)16(19)20-14-7-13(17)8-18-9-14/h4-10H,1-3H3. The first kappa shape index (κ1) is 14.5. The normalized spacial score (nSPS) is 10.7. The Morgan fingerprint density at radius 3 is 2.60 bits per heavy atom. The first-order chi connectivity index (χ1) is 9.47. The van der Waals surface area contributed by atoms with Crippen LogP contribution in [0.5, 0.6) is 5.75 Å². The molecular weight excluding hydrogens is 274 g/mol. The van der Waals surface area contributed by atoms with Crippen molar-refractivity contribution in [3.63, 3.8) is 0 Å². The Labute approximate surface area is 123 Å². The molecule has 0 aliphatic rings. The number of esters is 1. The molecule has 0 N–H and O–H groups in total. The van der Waals surface area contributed by atoms with Gasteiger partial charge in [-0.15, -0.1) is 0 Å². The van der Waals surface area contributed by atoms with E-state index < -0.39 is 5.97 Å². The summed E-state index contributed by atoms with van der Waals surface area (Å²) in [6, 6.07) is 7.15. The summed E-state index contributed by atoms with van der Waals surface area (Å²) in [5.41, 5.74) is 2.83. The zero-order chi connectivity index (χ0) is 14.7. The summed E-state index contributed by atoms with van der Waals surface area (Å²) in [4.78, 5) is 15.9. The van der Waals surface area contributed by atoms with Gasteiger partial charge in [-0.3, -0.25) is 4.98 Å². The molecule has 2 aromatic rings. The lowest BCUT2D eigenvalue weighted by Gasteiger charge is -2.11. The van der Waals surface area contributed by atoms with E-state index in [2.05, 4.69) is 18.8 Å². The highest BCUT2D eigenvalue weighted by atomic mass is 35.5. The molecule has 0 aliphatic carbocycles. The van der Waals surface area contributed by atoms with Gasteiger partial charge in [-0.1, -0.05) is 31.5 Å². The van der Waals surface area contributed by atoms with E-state index in [0.717, 1.165) is 5.56 Å². The molecule has 0 fully saturated rings. The van der Waals surface area contributed by atoms with Gasteiger partial charge in [0.15, 0.2) is 5.75 Å². The third-order valence-electron chi connectivity index (χ3n) is 3.02. The lowest BCUT2D eigenvalue weighted by molar-refractivity contribution is 0.0734. The van der Waals surface area contributed by atoms with E-state index in [9.17, 15) is 4.79 Å². The minimum Gasteiger partial charge on any atom is -0.421 e. The summed E-state index contributed by atoms with van der Waals surface area (Å²) >= 11 is 5.80. The maximum atomic E-state index is 12.1. The number of rotatable bonds is 3. The van der Waals surface area contributed by atoms with Gasteiger partial charge in [0.2, 0.25) is 0 Å². The highest BCUT2D eigenvalue weighted by molar-refractivity contribution is 6.30. The minimum atomic E-state index is -0.410. The smallest absolute Gasteiger partial charge is 0.343 e. The maximum Gasteiger partial charge on any atom is 0.343 e. The van der Waals surface area contributed by atoms with Crippen LogP contribution in [0.15, 0.2) is 36.7 Å². The number of aromatic nitrogens is 1. The average molecular weight is 290 g/mol. The summed E-state index contributed by atoms with van der Waals surface area (Å²) in [6.45, 7) is 6.24. The van der Waals surface area contributed by atoms with E-state index in [-0.39, 0.29) is 0 Å². The van der Waals surface area contributed by atoms with E-state index in [1.807, 2.05) is 19.1 Å². The van der Waals surface area contributed by atoms with Crippen molar-refractivity contribution < 1.29 is 9.53 Å². The van der Waals surface area contributed by atoms with Crippen LogP contribution in [0.4, 0.5) is 0 Å². The molecule has 0 radical (unpaired) electrons. The van der Waals surface area contributed by atoms with E-state index in [0.29, 0.717) is 22.3 Å². The number of aryl methyl sites for hydroxylation is 1. The highest BCUT2D eigenvalue weighted by Crippen LogP contribution is 2.21. The van der Waals surface area contributed by atoms with Crippen molar-refractivity contribution >= 4 is 17.6 Å². The van der Waals surface area contributed by atoms with Gasteiger partial charge in [0.25, 0.3) is 0 Å². The first-order valence-corrected chi connectivity index (χ1v) is 6.78. The fraction of sp³-hybridized carbons (Fsp3) is 0.250. The number of hydrogen-bond donors (Lipinski definition) is 0. The largest absolute Gasteiger partial charge is 0.421 e. The molecule has 104 valence electrons. The Morgan fingerprint density at radius 1 is 1.25 bits per heavy atom. The van der Waals surface area contributed by atoms with Crippen LogP contribution in [0.2, 0.25) is 5.02 Å². The van der Waals surface area contributed by atoms with E-state index in [1.165, 1.54) is 18.0 Å². The van der Waals surface area contributed by atoms with Crippen molar-refractivity contribution in [1.29, 1.82) is 0 Å². The summed E-state index contributed by atoms with van der Waals surface area (Å²) in [6.07, 6.45) is 2.94. The molecule has 3 nitrogen and oxygen atoms in total. The lowest BCUT2D eigenvalue weighted by atomic mass is 9.96. The topological polar surface area (TPSA) is 39.2 Å². The SMILES string of the molecule is Cc1cc(C(=O)Oc2cncc(Cl)c2)ccc1C(C)C. The molecule has 0 atom stereocenters. The van der Waals surface area contributed by atoms with Gasteiger partial charge in [0.05, 0.1) is 16.8 Å². The molecule has 0 spiro atoms. The fourth-order valence-corrected chi connectivity index (χ4v) is 2.23. The third-order valence-corrected chi connectivity index (χ3v) is 3.22. The highest BCUT2D eigenvalue weighted by Gasteiger charge is 2.12. The number of benzene rings is 1. The first-order valence-electron chi connectivity index (χ1n) is 6.40. The van der Waals surface area contributed by atoms with Gasteiger partial charge in [-0.25, -0.2) is 4.79 Å². The van der Waals surface area contributed by atoms with Crippen LogP contribution in [0.25, 0.3) is 0 Å². The molecule has 0 saturated heterocycles. The van der Waals surface area contributed by atoms with Crippen molar-refractivity contribution in [3.8, 4) is 5.75 Å². The Balaban J connectivity index is 2.19. The second-order valence-electron chi connectivity index (χ2n) is 4.95. The number of halogens is 1. The van der Waals surface area contributed by atoms with Crippen LogP contribution < -0.4 is 4.74 Å². The van der Waals surface area contributed by atoms with Gasteiger partial charge in [-0.2, -0.15) is 0 Å². The summed E-state index contributed by atoms with van der Waals surface area (Å²) in [5.74, 6) is 0.359. The number of ether oxygens (including phenoxy) is 1. The number of carbonyl (C=O) groups excluding carboxylic acids is 1. The molecule has 4 heteroatoms. The van der Waals surface area contributed by atoms with Crippen molar-refractivity contribution in [3.05, 3.63) is 58.4 Å². The fourth-order valence-electron chi connectivity index (χ4n) is 2.06. The summed E-state index contributed by atoms with van der Waals surface area (Å²) in [5, 5.41) is 0.432. The predicted octanol–water partition coefficient (Wildman–Crippen LogP) is 4.39. The van der Waals surface area contributed by atoms with Gasteiger partial charge in [-0.05, 0) is 36.1 Å². The van der Waals surface area contributed by atoms with Gasteiger partial charge in [0.1, 0.15) is 0 Å². The molecule has 20 heavy (non-hydrogen) atoms. The molecule has 1 aromatic carbocycles. The monoisotopic (exact) mass is 289 g/mol. The number of nitrogens with zero attached hydrogens (tertiary/aromatic N) is 1. The average Bonchev–Trinajstić information content (AvgIpc) is 2.38. The molecule has 0 saturated carbocycles. The van der Waals surface area contributed by atoms with Gasteiger partial charge in [0, 0.05) is 12.3 Å². The third kappa shape index (κ3) is 3.36. The molecule has 1 aromatic heterocycles. The Kier molecular flexibility index (Phi) is 4.40. The van der Waals surface area contributed by atoms with Crippen LogP contribution in [-0.2, 0) is 0 Å². The lowest BCUT2D eigenvalue weighted by Crippen LogP contribution is -2.09. The van der Waals surface area contributed by atoms with Crippen molar-refractivity contribution in [2.75, 3.05) is 0 Å². The number of pyridine rings is 1. The number of hydrogen-bond acceptors (Lipinski definition) is 3. The van der Waals surface area contributed by atoms with Crippen LogP contribution in [-0.4, -0.2) is 11.0 Å². The number of carbonyl (C=O) groups is 1. The van der Waals surface area contributed by atoms with E-state index in [1.54, 1.807) is 12.1 Å². The van der Waals surface area contributed by atoms with E-state index >= 15 is 0 Å². The Morgan fingerprint density at radius 2 is 2.00 bits per heavy atom. The van der Waals surface area contributed by atoms with Crippen LogP contribution in [0, 0.1) is 6.92 Å². The second-order valence-corrected chi connectivity index (χ2v) is 5.39. The molecule has 0 bridgehead atoms. The summed E-state index contributed by atoms with van der Waals surface area (Å²) in [7, 11) is 0. The second kappa shape index (κ2) is 6.06. The van der Waals surface area contributed by atoms with Crippen molar-refractivity contribution in [2.45, 2.75) is 26.7 Å². The van der Waals surface area contributed by atoms with Crippen molar-refractivity contribution in [2.24, 2.45) is 0 Å². The quantitative estimate of drug-likeness (QED) is 0.787. The molecule has 2 rings (SSSR count). The van der Waals surface area contributed by atoms with E-state index in [4.69, 9.17) is 16.3 Å². The summed E-state index contributed by atoms with van der Waals surface area (Å²) < 4.78 is 5.25. The minimum absolute atomic E-state index is 0.341. The van der Waals surface area contributed by atoms with Crippen LogP contribution in [0.3, 0.4) is 0 Å². The predicted molar refractivity (Wildman–Crippen MR) is 79.5 cm³/mol. The molecule has 0 amide bonds. The molecular formula is C16H16ClNO2. The van der Waals surface area contributed by atoms with Gasteiger partial charge >= 0.3 is 5.97 Å². The van der Waals surface area contributed by atoms with Crippen LogP contribution >= 0.6 is 11.6 Å². The molecule has 0 unspecified atom stereocenters. The zero-order valence-corrected chi connectivity index (χ0v) is 12.4. The van der Waals surface area contributed by atoms with Gasteiger partial charge < -0.3 is 4.74 Å². The Bertz CT molecular complexity index is 638. The van der Waals surface area contributed by atoms with Crippen molar-refractivity contribution in [1.82, 2.24) is 4.98 Å². The Hall–Kier alpha value is -1.87. The zero-order valence-electron chi connectivity index (χ0n) is 11.7. The maximum absolute atomic E-state index is 12.1. The molecule has 0 aliphatic heterocycles. The molecule has 1 heterocycles. The van der Waals surface area contributed by atoms with Crippen LogP contribution in [0.1, 0.15) is 41.3 Å².